The maximum atomic E-state index is 12.3. The second-order valence-electron chi connectivity index (χ2n) is 5.40. The molecule has 2 rings (SSSR count). The van der Waals surface area contributed by atoms with Gasteiger partial charge in [-0.15, -0.1) is 0 Å². The van der Waals surface area contributed by atoms with Crippen LogP contribution in [0.5, 0.6) is 0 Å². The average molecular weight is 277 g/mol. The quantitative estimate of drug-likeness (QED) is 0.662. The molecule has 1 saturated carbocycles. The summed E-state index contributed by atoms with van der Waals surface area (Å²) in [7, 11) is 3.38. The molecular weight excluding hydrogens is 258 g/mol. The third kappa shape index (κ3) is 2.89. The molecule has 6 nitrogen and oxygen atoms in total. The van der Waals surface area contributed by atoms with E-state index in [0.29, 0.717) is 23.1 Å². The van der Waals surface area contributed by atoms with Crippen LogP contribution in [0.1, 0.15) is 23.7 Å². The average Bonchev–Trinajstić information content (AvgIpc) is 3.12. The van der Waals surface area contributed by atoms with Crippen LogP contribution in [0.2, 0.25) is 0 Å². The fourth-order valence-corrected chi connectivity index (χ4v) is 2.34. The second-order valence-corrected chi connectivity index (χ2v) is 5.40. The molecule has 0 radical (unpaired) electrons. The first-order chi connectivity index (χ1) is 9.43. The van der Waals surface area contributed by atoms with Crippen molar-refractivity contribution in [2.75, 3.05) is 26.0 Å². The summed E-state index contributed by atoms with van der Waals surface area (Å²) < 4.78 is 0. The summed E-state index contributed by atoms with van der Waals surface area (Å²) >= 11 is 0. The van der Waals surface area contributed by atoms with E-state index in [1.165, 1.54) is 24.6 Å². The highest BCUT2D eigenvalue weighted by Gasteiger charge is 2.34. The predicted molar refractivity (Wildman–Crippen MR) is 76.9 cm³/mol. The van der Waals surface area contributed by atoms with Crippen molar-refractivity contribution in [2.24, 2.45) is 11.8 Å². The zero-order chi connectivity index (χ0) is 14.9. The molecule has 0 aromatic heterocycles. The van der Waals surface area contributed by atoms with Gasteiger partial charge in [-0.3, -0.25) is 14.9 Å². The summed E-state index contributed by atoms with van der Waals surface area (Å²) in [6.07, 6.45) is 1.17. The number of nitrogens with one attached hydrogen (secondary N) is 1. The number of hydrogen-bond acceptors (Lipinski definition) is 4. The molecule has 1 aliphatic carbocycles. The molecule has 2 atom stereocenters. The second kappa shape index (κ2) is 5.48. The largest absolute Gasteiger partial charge is 0.383 e. The highest BCUT2D eigenvalue weighted by molar-refractivity contribution is 5.95. The Morgan fingerprint density at radius 2 is 2.20 bits per heavy atom. The van der Waals surface area contributed by atoms with E-state index in [2.05, 4.69) is 12.2 Å². The first kappa shape index (κ1) is 14.3. The minimum Gasteiger partial charge on any atom is -0.383 e. The Labute approximate surface area is 117 Å². The molecule has 1 fully saturated rings. The Bertz CT molecular complexity index is 544. The van der Waals surface area contributed by atoms with E-state index in [4.69, 9.17) is 0 Å². The van der Waals surface area contributed by atoms with Gasteiger partial charge in [-0.1, -0.05) is 6.92 Å². The third-order valence-electron chi connectivity index (χ3n) is 3.84. The molecule has 2 unspecified atom stereocenters. The maximum Gasteiger partial charge on any atom is 0.292 e. The number of amides is 1. The van der Waals surface area contributed by atoms with Gasteiger partial charge in [0.2, 0.25) is 0 Å². The van der Waals surface area contributed by atoms with Crippen LogP contribution in [0.3, 0.4) is 0 Å². The van der Waals surface area contributed by atoms with E-state index < -0.39 is 4.92 Å². The van der Waals surface area contributed by atoms with Crippen molar-refractivity contribution in [2.45, 2.75) is 13.3 Å². The molecular formula is C14H19N3O3. The lowest BCUT2D eigenvalue weighted by Gasteiger charge is -2.17. The number of rotatable bonds is 5. The van der Waals surface area contributed by atoms with Gasteiger partial charge < -0.3 is 10.2 Å². The van der Waals surface area contributed by atoms with Crippen LogP contribution in [0.4, 0.5) is 11.4 Å². The summed E-state index contributed by atoms with van der Waals surface area (Å²) in [5.41, 5.74) is 0.798. The Hall–Kier alpha value is -2.11. The van der Waals surface area contributed by atoms with Gasteiger partial charge in [0.15, 0.2) is 0 Å². The molecule has 20 heavy (non-hydrogen) atoms. The molecule has 1 aromatic rings. The summed E-state index contributed by atoms with van der Waals surface area (Å²) in [5, 5.41) is 13.6. The molecule has 0 heterocycles. The molecule has 0 saturated heterocycles. The van der Waals surface area contributed by atoms with Crippen molar-refractivity contribution >= 4 is 17.3 Å². The monoisotopic (exact) mass is 277 g/mol. The SMILES string of the molecule is CNc1cc(C(=O)N(C)CC2CC2C)ccc1[N+](=O)[O-]. The standard InChI is InChI=1S/C14H19N3O3/c1-9-6-11(9)8-16(3)14(18)10-4-5-13(17(19)20)12(7-10)15-2/h4-5,7,9,11,15H,6,8H2,1-3H3. The summed E-state index contributed by atoms with van der Waals surface area (Å²) in [6, 6.07) is 4.41. The van der Waals surface area contributed by atoms with Crippen molar-refractivity contribution in [1.29, 1.82) is 0 Å². The van der Waals surface area contributed by atoms with Crippen LogP contribution in [0, 0.1) is 22.0 Å². The minimum absolute atomic E-state index is 0.0254. The molecule has 0 aliphatic heterocycles. The summed E-state index contributed by atoms with van der Waals surface area (Å²) in [4.78, 5) is 24.4. The lowest BCUT2D eigenvalue weighted by Crippen LogP contribution is -2.29. The van der Waals surface area contributed by atoms with Gasteiger partial charge in [0.05, 0.1) is 4.92 Å². The number of anilines is 1. The Balaban J connectivity index is 2.15. The van der Waals surface area contributed by atoms with Gasteiger partial charge in [-0.05, 0) is 30.4 Å². The lowest BCUT2D eigenvalue weighted by molar-refractivity contribution is -0.383. The van der Waals surface area contributed by atoms with Gasteiger partial charge in [-0.25, -0.2) is 0 Å². The maximum absolute atomic E-state index is 12.3. The van der Waals surface area contributed by atoms with E-state index >= 15 is 0 Å². The van der Waals surface area contributed by atoms with Gasteiger partial charge in [0.1, 0.15) is 5.69 Å². The number of carbonyl (C=O) groups excluding carboxylic acids is 1. The van der Waals surface area contributed by atoms with Crippen LogP contribution in [0.15, 0.2) is 18.2 Å². The van der Waals surface area contributed by atoms with Gasteiger partial charge in [0, 0.05) is 32.3 Å². The van der Waals surface area contributed by atoms with Crippen molar-refractivity contribution < 1.29 is 9.72 Å². The highest BCUT2D eigenvalue weighted by Crippen LogP contribution is 2.38. The first-order valence-corrected chi connectivity index (χ1v) is 6.65. The topological polar surface area (TPSA) is 75.5 Å². The zero-order valence-corrected chi connectivity index (χ0v) is 11.9. The van der Waals surface area contributed by atoms with Gasteiger partial charge in [0.25, 0.3) is 11.6 Å². The number of carbonyl (C=O) groups is 1. The summed E-state index contributed by atoms with van der Waals surface area (Å²) in [6.45, 7) is 2.92. The summed E-state index contributed by atoms with van der Waals surface area (Å²) in [5.74, 6) is 1.18. The van der Waals surface area contributed by atoms with Crippen LogP contribution in [-0.2, 0) is 0 Å². The Morgan fingerprint density at radius 3 is 2.70 bits per heavy atom. The number of nitro benzene ring substituents is 1. The van der Waals surface area contributed by atoms with Crippen LogP contribution < -0.4 is 5.32 Å². The number of nitro groups is 1. The van der Waals surface area contributed by atoms with Gasteiger partial charge in [-0.2, -0.15) is 0 Å². The number of benzene rings is 1. The lowest BCUT2D eigenvalue weighted by atomic mass is 10.1. The van der Waals surface area contributed by atoms with Crippen molar-refractivity contribution in [1.82, 2.24) is 4.90 Å². The number of nitrogens with zero attached hydrogens (tertiary/aromatic N) is 2. The number of hydrogen-bond donors (Lipinski definition) is 1. The van der Waals surface area contributed by atoms with E-state index in [0.717, 1.165) is 6.54 Å². The third-order valence-corrected chi connectivity index (χ3v) is 3.84. The fourth-order valence-electron chi connectivity index (χ4n) is 2.34. The van der Waals surface area contributed by atoms with E-state index in [-0.39, 0.29) is 11.6 Å². The Kier molecular flexibility index (Phi) is 3.92. The van der Waals surface area contributed by atoms with Crippen molar-refractivity contribution in [3.8, 4) is 0 Å². The smallest absolute Gasteiger partial charge is 0.292 e. The molecule has 1 aromatic carbocycles. The van der Waals surface area contributed by atoms with E-state index in [1.807, 2.05) is 0 Å². The van der Waals surface area contributed by atoms with Crippen LogP contribution in [0.25, 0.3) is 0 Å². The Morgan fingerprint density at radius 1 is 1.55 bits per heavy atom. The zero-order valence-electron chi connectivity index (χ0n) is 11.9. The molecule has 108 valence electrons. The van der Waals surface area contributed by atoms with Crippen molar-refractivity contribution in [3.63, 3.8) is 0 Å². The molecule has 1 aliphatic rings. The molecule has 6 heteroatoms. The molecule has 1 amide bonds. The van der Waals surface area contributed by atoms with Crippen molar-refractivity contribution in [3.05, 3.63) is 33.9 Å². The van der Waals surface area contributed by atoms with Gasteiger partial charge >= 0.3 is 0 Å². The van der Waals surface area contributed by atoms with E-state index in [1.54, 1.807) is 19.0 Å². The molecule has 0 bridgehead atoms. The molecule has 0 spiro atoms. The van der Waals surface area contributed by atoms with Crippen LogP contribution in [-0.4, -0.2) is 36.4 Å². The normalized spacial score (nSPS) is 20.4. The first-order valence-electron chi connectivity index (χ1n) is 6.65. The van der Waals surface area contributed by atoms with E-state index in [9.17, 15) is 14.9 Å². The minimum atomic E-state index is -0.463. The van der Waals surface area contributed by atoms with Crippen LogP contribution >= 0.6 is 0 Å². The molecule has 1 N–H and O–H groups in total. The predicted octanol–water partition coefficient (Wildman–Crippen LogP) is 2.36. The fraction of sp³-hybridized carbons (Fsp3) is 0.500. The highest BCUT2D eigenvalue weighted by atomic mass is 16.6.